The molecule has 0 saturated heterocycles. The number of sulfonamides is 1. The minimum absolute atomic E-state index is 0.0171. The molecule has 6 nitrogen and oxygen atoms in total. The van der Waals surface area contributed by atoms with Crippen LogP contribution in [0.5, 0.6) is 11.6 Å². The van der Waals surface area contributed by atoms with Crippen molar-refractivity contribution in [3.63, 3.8) is 0 Å². The highest BCUT2D eigenvalue weighted by Gasteiger charge is 2.39. The lowest BCUT2D eigenvalue weighted by Crippen LogP contribution is -2.33. The fourth-order valence-corrected chi connectivity index (χ4v) is 6.16. The summed E-state index contributed by atoms with van der Waals surface area (Å²) in [4.78, 5) is 9.20. The Labute approximate surface area is 196 Å². The van der Waals surface area contributed by atoms with Crippen LogP contribution in [0.3, 0.4) is 0 Å². The molecule has 1 aliphatic carbocycles. The number of ether oxygens (including phenoxy) is 1. The van der Waals surface area contributed by atoms with Crippen LogP contribution in [0, 0.1) is 10.8 Å². The maximum Gasteiger partial charge on any atom is 0.264 e. The number of para-hydroxylation sites is 1. The molecule has 174 valence electrons. The van der Waals surface area contributed by atoms with Gasteiger partial charge in [-0.15, -0.1) is 0 Å². The van der Waals surface area contributed by atoms with Crippen LogP contribution in [0.1, 0.15) is 58.6 Å². The lowest BCUT2D eigenvalue weighted by Gasteiger charge is -2.44. The first-order valence-corrected chi connectivity index (χ1v) is 12.7. The van der Waals surface area contributed by atoms with E-state index in [0.717, 1.165) is 25.0 Å². The molecule has 0 bridgehead atoms. The van der Waals surface area contributed by atoms with Crippen LogP contribution in [0.4, 0.5) is 5.95 Å². The fraction of sp³-hybridized carbons (Fsp3) is 0.385. The zero-order chi connectivity index (χ0) is 23.7. The summed E-state index contributed by atoms with van der Waals surface area (Å²) in [6, 6.07) is 19.4. The van der Waals surface area contributed by atoms with Crippen molar-refractivity contribution in [1.29, 1.82) is 0 Å². The molecule has 0 radical (unpaired) electrons. The molecule has 3 aromatic rings. The maximum atomic E-state index is 12.9. The highest BCUT2D eigenvalue weighted by atomic mass is 32.2. The number of nitrogens with zero attached hydrogens (tertiary/aromatic N) is 2. The highest BCUT2D eigenvalue weighted by molar-refractivity contribution is 7.92. The number of nitrogens with one attached hydrogen (secondary N) is 1. The summed E-state index contributed by atoms with van der Waals surface area (Å²) >= 11 is 0. The molecule has 1 saturated carbocycles. The van der Waals surface area contributed by atoms with Crippen LogP contribution in [-0.4, -0.2) is 18.4 Å². The third-order valence-electron chi connectivity index (χ3n) is 5.94. The Morgan fingerprint density at radius 2 is 1.45 bits per heavy atom. The second-order valence-corrected chi connectivity index (χ2v) is 12.1. The molecule has 1 heterocycles. The van der Waals surface area contributed by atoms with Crippen molar-refractivity contribution < 1.29 is 13.2 Å². The quantitative estimate of drug-likeness (QED) is 0.456. The summed E-state index contributed by atoms with van der Waals surface area (Å²) in [6.45, 7) is 9.12. The van der Waals surface area contributed by atoms with Gasteiger partial charge in [-0.1, -0.05) is 64.1 Å². The van der Waals surface area contributed by atoms with Gasteiger partial charge in [0.05, 0.1) is 10.6 Å². The fourth-order valence-electron chi connectivity index (χ4n) is 5.19. The monoisotopic (exact) mass is 465 g/mol. The van der Waals surface area contributed by atoms with Crippen LogP contribution in [0.2, 0.25) is 0 Å². The van der Waals surface area contributed by atoms with Crippen LogP contribution in [0.25, 0.3) is 0 Å². The third-order valence-corrected chi connectivity index (χ3v) is 7.28. The Kier molecular flexibility index (Phi) is 6.18. The Balaban J connectivity index is 1.72. The summed E-state index contributed by atoms with van der Waals surface area (Å²) in [5.41, 5.74) is 1.10. The summed E-state index contributed by atoms with van der Waals surface area (Å²) in [5.74, 6) is 1.13. The highest BCUT2D eigenvalue weighted by Crippen LogP contribution is 2.51. The lowest BCUT2D eigenvalue weighted by molar-refractivity contribution is 0.0954. The smallest absolute Gasteiger partial charge is 0.264 e. The van der Waals surface area contributed by atoms with E-state index in [0.29, 0.717) is 11.6 Å². The molecule has 33 heavy (non-hydrogen) atoms. The largest absolute Gasteiger partial charge is 0.439 e. The molecule has 0 atom stereocenters. The van der Waals surface area contributed by atoms with E-state index in [9.17, 15) is 8.42 Å². The average Bonchev–Trinajstić information content (AvgIpc) is 2.72. The zero-order valence-electron chi connectivity index (χ0n) is 19.6. The van der Waals surface area contributed by atoms with Gasteiger partial charge in [-0.3, -0.25) is 0 Å². The molecule has 0 amide bonds. The van der Waals surface area contributed by atoms with Crippen molar-refractivity contribution in [1.82, 2.24) is 9.97 Å². The Morgan fingerprint density at radius 1 is 0.879 bits per heavy atom. The molecule has 0 aliphatic heterocycles. The van der Waals surface area contributed by atoms with Gasteiger partial charge in [-0.05, 0) is 54.4 Å². The molecule has 0 spiro atoms. The van der Waals surface area contributed by atoms with Gasteiger partial charge >= 0.3 is 0 Å². The topological polar surface area (TPSA) is 81.2 Å². The summed E-state index contributed by atoms with van der Waals surface area (Å²) in [7, 11) is -3.83. The molecule has 0 unspecified atom stereocenters. The van der Waals surface area contributed by atoms with E-state index in [1.807, 2.05) is 36.4 Å². The number of anilines is 1. The lowest BCUT2D eigenvalue weighted by atomic mass is 9.61. The summed E-state index contributed by atoms with van der Waals surface area (Å²) < 4.78 is 34.4. The Bertz CT molecular complexity index is 1190. The minimum atomic E-state index is -3.83. The van der Waals surface area contributed by atoms with E-state index in [2.05, 4.69) is 42.4 Å². The molecular formula is C26H31N3O3S. The van der Waals surface area contributed by atoms with E-state index in [1.165, 1.54) is 0 Å². The summed E-state index contributed by atoms with van der Waals surface area (Å²) in [6.07, 6.45) is 3.05. The maximum absolute atomic E-state index is 12.9. The second-order valence-electron chi connectivity index (χ2n) is 10.4. The van der Waals surface area contributed by atoms with E-state index in [4.69, 9.17) is 4.74 Å². The Morgan fingerprint density at radius 3 is 2.06 bits per heavy atom. The van der Waals surface area contributed by atoms with Crippen LogP contribution >= 0.6 is 0 Å². The standard InChI is InChI=1S/C26H31N3O3S/c1-25(2)16-19(17-26(3,4)18-25)22-15-23(32-20-11-7-5-8-12-20)28-24(27-22)29-33(30,31)21-13-9-6-10-14-21/h5-15,19H,16-18H2,1-4H3,(H,27,28,29). The van der Waals surface area contributed by atoms with Gasteiger partial charge in [0.25, 0.3) is 10.0 Å². The molecule has 4 rings (SSSR count). The number of hydrogen-bond acceptors (Lipinski definition) is 5. The zero-order valence-corrected chi connectivity index (χ0v) is 20.4. The van der Waals surface area contributed by atoms with Gasteiger partial charge < -0.3 is 4.74 Å². The number of aromatic nitrogens is 2. The molecule has 7 heteroatoms. The minimum Gasteiger partial charge on any atom is -0.439 e. The molecule has 1 fully saturated rings. The predicted octanol–water partition coefficient (Wildman–Crippen LogP) is 6.39. The first-order chi connectivity index (χ1) is 15.5. The molecule has 1 aliphatic rings. The van der Waals surface area contributed by atoms with E-state index < -0.39 is 10.0 Å². The Hall–Kier alpha value is -2.93. The van der Waals surface area contributed by atoms with Gasteiger partial charge in [0.2, 0.25) is 11.8 Å². The summed E-state index contributed by atoms with van der Waals surface area (Å²) in [5, 5.41) is 0. The number of benzene rings is 2. The second kappa shape index (κ2) is 8.78. The SMILES string of the molecule is CC1(C)CC(c2cc(Oc3ccccc3)nc(NS(=O)(=O)c3ccccc3)n2)CC(C)(C)C1. The van der Waals surface area contributed by atoms with Crippen molar-refractivity contribution in [2.45, 2.75) is 57.8 Å². The van der Waals surface area contributed by atoms with Crippen molar-refractivity contribution in [2.75, 3.05) is 4.72 Å². The van der Waals surface area contributed by atoms with Gasteiger partial charge in [0.15, 0.2) is 0 Å². The molecule has 1 aromatic heterocycles. The molecule has 1 N–H and O–H groups in total. The predicted molar refractivity (Wildman–Crippen MR) is 130 cm³/mol. The first kappa shape index (κ1) is 23.2. The van der Waals surface area contributed by atoms with Gasteiger partial charge in [-0.2, -0.15) is 4.98 Å². The van der Waals surface area contributed by atoms with Crippen molar-refractivity contribution >= 4 is 16.0 Å². The molecular weight excluding hydrogens is 434 g/mol. The van der Waals surface area contributed by atoms with Crippen molar-refractivity contribution in [3.05, 3.63) is 72.4 Å². The van der Waals surface area contributed by atoms with Crippen LogP contribution < -0.4 is 9.46 Å². The number of rotatable bonds is 6. The molecule has 2 aromatic carbocycles. The van der Waals surface area contributed by atoms with Crippen LogP contribution in [-0.2, 0) is 10.0 Å². The van der Waals surface area contributed by atoms with Gasteiger partial charge in [0, 0.05) is 12.0 Å². The van der Waals surface area contributed by atoms with Crippen molar-refractivity contribution in [3.8, 4) is 11.6 Å². The normalized spacial score (nSPS) is 17.9. The van der Waals surface area contributed by atoms with E-state index in [-0.39, 0.29) is 27.6 Å². The van der Waals surface area contributed by atoms with Gasteiger partial charge in [0.1, 0.15) is 5.75 Å². The third kappa shape index (κ3) is 5.90. The first-order valence-electron chi connectivity index (χ1n) is 11.2. The van der Waals surface area contributed by atoms with Crippen molar-refractivity contribution in [2.24, 2.45) is 10.8 Å². The van der Waals surface area contributed by atoms with Gasteiger partial charge in [-0.25, -0.2) is 18.1 Å². The number of hydrogen-bond donors (Lipinski definition) is 1. The van der Waals surface area contributed by atoms with Crippen LogP contribution in [0.15, 0.2) is 71.6 Å². The van der Waals surface area contributed by atoms with E-state index in [1.54, 1.807) is 30.3 Å². The van der Waals surface area contributed by atoms with E-state index >= 15 is 0 Å². The average molecular weight is 466 g/mol.